The van der Waals surface area contributed by atoms with E-state index in [1.165, 1.54) is 47.2 Å². The van der Waals surface area contributed by atoms with Crippen LogP contribution in [0, 0.1) is 27.9 Å². The molecule has 1 heterocycles. The van der Waals surface area contributed by atoms with Crippen LogP contribution in [0.4, 0.5) is 10.5 Å². The van der Waals surface area contributed by atoms with Crippen molar-refractivity contribution in [2.24, 2.45) is 17.8 Å². The minimum Gasteiger partial charge on any atom is -0.497 e. The standard InChI is InChI=1S/C32H40N4O9/c1-19(2)25-12-11-20(3)15-27(25)45-32(41)35-14-13-34(31(40)22-8-6-10-24(17-22)44-4)30(35)29(39)33-26(18-28(37)38)21-7-5-9-23(16-21)36(42)43/h5-10,16-17,19-20,25-27,30H,11-15,18H2,1-4H3,(H,33,39)(H,37,38). The molecule has 2 aromatic carbocycles. The predicted octanol–water partition coefficient (Wildman–Crippen LogP) is 4.62. The number of rotatable bonds is 10. The molecule has 0 radical (unpaired) electrons. The normalized spacial score (nSPS) is 22.1. The van der Waals surface area contributed by atoms with Gasteiger partial charge in [-0.15, -0.1) is 0 Å². The molecule has 2 aliphatic rings. The maximum absolute atomic E-state index is 14.0. The van der Waals surface area contributed by atoms with E-state index < -0.39 is 47.4 Å². The van der Waals surface area contributed by atoms with Crippen LogP contribution in [-0.2, 0) is 14.3 Å². The van der Waals surface area contributed by atoms with E-state index in [0.29, 0.717) is 18.1 Å². The van der Waals surface area contributed by atoms with Crippen LogP contribution in [0.5, 0.6) is 5.75 Å². The maximum Gasteiger partial charge on any atom is 0.412 e. The largest absolute Gasteiger partial charge is 0.497 e. The lowest BCUT2D eigenvalue weighted by molar-refractivity contribution is -0.384. The van der Waals surface area contributed by atoms with Crippen molar-refractivity contribution in [1.82, 2.24) is 15.1 Å². The van der Waals surface area contributed by atoms with Gasteiger partial charge in [-0.25, -0.2) is 4.79 Å². The van der Waals surface area contributed by atoms with Gasteiger partial charge in [-0.1, -0.05) is 45.4 Å². The highest BCUT2D eigenvalue weighted by Gasteiger charge is 2.46. The second-order valence-electron chi connectivity index (χ2n) is 12.1. The number of carbonyl (C=O) groups is 4. The quantitative estimate of drug-likeness (QED) is 0.283. The SMILES string of the molecule is COc1cccc(C(=O)N2CCN(C(=O)OC3CC(C)CCC3C(C)C)C2C(=O)NC(CC(=O)O)c2cccc([N+](=O)[O-])c2)c1. The molecule has 3 amide bonds. The fourth-order valence-electron chi connectivity index (χ4n) is 6.21. The fourth-order valence-corrected chi connectivity index (χ4v) is 6.21. The molecule has 0 bridgehead atoms. The van der Waals surface area contributed by atoms with Gasteiger partial charge < -0.3 is 24.8 Å². The zero-order chi connectivity index (χ0) is 32.8. The number of ether oxygens (including phenoxy) is 2. The first kappa shape index (κ1) is 33.2. The van der Waals surface area contributed by atoms with Crippen LogP contribution in [0.25, 0.3) is 0 Å². The lowest BCUT2D eigenvalue weighted by Gasteiger charge is -2.38. The molecule has 242 valence electrons. The summed E-state index contributed by atoms with van der Waals surface area (Å²) in [5.74, 6) is -1.43. The van der Waals surface area contributed by atoms with Gasteiger partial charge >= 0.3 is 12.1 Å². The van der Waals surface area contributed by atoms with Crippen molar-refractivity contribution in [3.05, 3.63) is 69.8 Å². The number of nitrogens with zero attached hydrogens (tertiary/aromatic N) is 3. The Hall–Kier alpha value is -4.68. The van der Waals surface area contributed by atoms with Gasteiger partial charge in [0.15, 0.2) is 6.17 Å². The molecule has 2 N–H and O–H groups in total. The van der Waals surface area contributed by atoms with E-state index >= 15 is 0 Å². The van der Waals surface area contributed by atoms with Gasteiger partial charge in [-0.3, -0.25) is 29.4 Å². The number of amides is 3. The van der Waals surface area contributed by atoms with Crippen molar-refractivity contribution >= 4 is 29.6 Å². The number of methoxy groups -OCH3 is 1. The Labute approximate surface area is 261 Å². The molecule has 1 saturated heterocycles. The van der Waals surface area contributed by atoms with Gasteiger partial charge in [0.1, 0.15) is 11.9 Å². The zero-order valence-electron chi connectivity index (χ0n) is 25.9. The van der Waals surface area contributed by atoms with E-state index in [4.69, 9.17) is 9.47 Å². The number of hydrogen-bond donors (Lipinski definition) is 2. The van der Waals surface area contributed by atoms with Crippen LogP contribution in [-0.4, -0.2) is 76.2 Å². The number of non-ortho nitro benzene ring substituents is 1. The van der Waals surface area contributed by atoms with Crippen molar-refractivity contribution in [1.29, 1.82) is 0 Å². The number of carboxylic acid groups (broad SMARTS) is 1. The van der Waals surface area contributed by atoms with Crippen LogP contribution in [0.2, 0.25) is 0 Å². The fraction of sp³-hybridized carbons (Fsp3) is 0.500. The van der Waals surface area contributed by atoms with Crippen LogP contribution in [0.1, 0.15) is 68.4 Å². The number of carbonyl (C=O) groups excluding carboxylic acids is 3. The molecule has 0 spiro atoms. The second-order valence-corrected chi connectivity index (χ2v) is 12.1. The predicted molar refractivity (Wildman–Crippen MR) is 162 cm³/mol. The molecular weight excluding hydrogens is 584 g/mol. The third kappa shape index (κ3) is 7.89. The van der Waals surface area contributed by atoms with E-state index in [-0.39, 0.29) is 47.8 Å². The van der Waals surface area contributed by atoms with Crippen molar-refractivity contribution in [2.75, 3.05) is 20.2 Å². The molecule has 5 unspecified atom stereocenters. The molecule has 2 aromatic rings. The summed E-state index contributed by atoms with van der Waals surface area (Å²) in [4.78, 5) is 66.5. The van der Waals surface area contributed by atoms with E-state index in [1.54, 1.807) is 18.2 Å². The Kier molecular flexibility index (Phi) is 10.6. The molecule has 13 nitrogen and oxygen atoms in total. The minimum absolute atomic E-state index is 0.00164. The molecule has 4 rings (SSSR count). The van der Waals surface area contributed by atoms with Gasteiger partial charge in [0.05, 0.1) is 24.5 Å². The summed E-state index contributed by atoms with van der Waals surface area (Å²) >= 11 is 0. The first-order valence-corrected chi connectivity index (χ1v) is 15.1. The summed E-state index contributed by atoms with van der Waals surface area (Å²) in [6.07, 6.45) is -0.560. The van der Waals surface area contributed by atoms with Gasteiger partial charge in [0.2, 0.25) is 0 Å². The number of nitro groups is 1. The van der Waals surface area contributed by atoms with E-state index in [2.05, 4.69) is 26.1 Å². The smallest absolute Gasteiger partial charge is 0.412 e. The number of hydrogen-bond acceptors (Lipinski definition) is 8. The number of aliphatic carboxylic acids is 1. The third-order valence-electron chi connectivity index (χ3n) is 8.61. The Morgan fingerprint density at radius 3 is 2.44 bits per heavy atom. The van der Waals surface area contributed by atoms with Crippen LogP contribution in [0.3, 0.4) is 0 Å². The zero-order valence-corrected chi connectivity index (χ0v) is 25.9. The molecule has 5 atom stereocenters. The number of nitrogens with one attached hydrogen (secondary N) is 1. The van der Waals surface area contributed by atoms with Crippen molar-refractivity contribution in [2.45, 2.75) is 64.8 Å². The highest BCUT2D eigenvalue weighted by atomic mass is 16.6. The van der Waals surface area contributed by atoms with E-state index in [1.807, 2.05) is 0 Å². The molecule has 1 aliphatic carbocycles. The molecular formula is C32H40N4O9. The third-order valence-corrected chi connectivity index (χ3v) is 8.61. The summed E-state index contributed by atoms with van der Waals surface area (Å²) < 4.78 is 11.3. The molecule has 13 heteroatoms. The lowest BCUT2D eigenvalue weighted by Crippen LogP contribution is -2.55. The van der Waals surface area contributed by atoms with Crippen molar-refractivity contribution in [3.8, 4) is 5.75 Å². The van der Waals surface area contributed by atoms with Gasteiger partial charge in [-0.2, -0.15) is 0 Å². The number of nitro benzene ring substituents is 1. The highest BCUT2D eigenvalue weighted by Crippen LogP contribution is 2.36. The Balaban J connectivity index is 1.66. The van der Waals surface area contributed by atoms with Gasteiger partial charge in [0.25, 0.3) is 17.5 Å². The molecule has 45 heavy (non-hydrogen) atoms. The van der Waals surface area contributed by atoms with Gasteiger partial charge in [-0.05, 0) is 54.4 Å². The van der Waals surface area contributed by atoms with Crippen LogP contribution in [0.15, 0.2) is 48.5 Å². The number of carboxylic acids is 1. The molecule has 2 fully saturated rings. The summed E-state index contributed by atoms with van der Waals surface area (Å²) in [6, 6.07) is 10.5. The Morgan fingerprint density at radius 2 is 1.78 bits per heavy atom. The Morgan fingerprint density at radius 1 is 1.07 bits per heavy atom. The minimum atomic E-state index is -1.47. The Bertz CT molecular complexity index is 1430. The van der Waals surface area contributed by atoms with Gasteiger partial charge in [0, 0.05) is 30.8 Å². The first-order valence-electron chi connectivity index (χ1n) is 15.1. The van der Waals surface area contributed by atoms with E-state index in [0.717, 1.165) is 12.8 Å². The molecule has 0 aromatic heterocycles. The summed E-state index contributed by atoms with van der Waals surface area (Å²) in [6.45, 7) is 6.28. The topological polar surface area (TPSA) is 169 Å². The van der Waals surface area contributed by atoms with E-state index in [9.17, 15) is 34.4 Å². The summed E-state index contributed by atoms with van der Waals surface area (Å²) in [5.41, 5.74) is 0.136. The highest BCUT2D eigenvalue weighted by molar-refractivity contribution is 5.99. The molecule has 1 saturated carbocycles. The van der Waals surface area contributed by atoms with Crippen LogP contribution < -0.4 is 10.1 Å². The van der Waals surface area contributed by atoms with Crippen molar-refractivity contribution in [3.63, 3.8) is 0 Å². The molecule has 1 aliphatic heterocycles. The monoisotopic (exact) mass is 624 g/mol. The van der Waals surface area contributed by atoms with Crippen LogP contribution >= 0.6 is 0 Å². The average Bonchev–Trinajstić information content (AvgIpc) is 3.46. The second kappa shape index (κ2) is 14.4. The lowest BCUT2D eigenvalue weighted by atomic mass is 9.75. The maximum atomic E-state index is 14.0. The first-order chi connectivity index (χ1) is 21.4. The summed E-state index contributed by atoms with van der Waals surface area (Å²) in [7, 11) is 1.46. The summed E-state index contributed by atoms with van der Waals surface area (Å²) in [5, 5.41) is 23.6. The van der Waals surface area contributed by atoms with Crippen molar-refractivity contribution < 1.29 is 38.7 Å². The number of benzene rings is 2. The average molecular weight is 625 g/mol.